The van der Waals surface area contributed by atoms with Crippen LogP contribution >= 0.6 is 0 Å². The van der Waals surface area contributed by atoms with E-state index in [-0.39, 0.29) is 11.1 Å². The molecule has 2 aliphatic rings. The van der Waals surface area contributed by atoms with Crippen molar-refractivity contribution in [3.63, 3.8) is 0 Å². The van der Waals surface area contributed by atoms with E-state index in [0.29, 0.717) is 6.02 Å². The summed E-state index contributed by atoms with van der Waals surface area (Å²) in [5.41, 5.74) is -0.0344. The minimum Gasteiger partial charge on any atom is -0.460 e. The van der Waals surface area contributed by atoms with Crippen LogP contribution in [0.15, 0.2) is 0 Å². The molecule has 2 aliphatic heterocycles. The Morgan fingerprint density at radius 2 is 2.07 bits per heavy atom. The van der Waals surface area contributed by atoms with Crippen molar-refractivity contribution in [1.29, 1.82) is 5.41 Å². The topological polar surface area (TPSA) is 48.4 Å². The van der Waals surface area contributed by atoms with Crippen LogP contribution in [-0.2, 0) is 4.74 Å². The van der Waals surface area contributed by atoms with Crippen molar-refractivity contribution in [3.05, 3.63) is 0 Å². The largest absolute Gasteiger partial charge is 0.460 e. The molecule has 0 amide bonds. The standard InChI is InChI=1S/C10H19N3O/c1-9(2,3)14-8(11)13-5-4-10(13)6-12-7-10/h11-12H,4-7H2,1-3H3. The summed E-state index contributed by atoms with van der Waals surface area (Å²) in [5.74, 6) is 0. The van der Waals surface area contributed by atoms with E-state index in [1.807, 2.05) is 20.8 Å². The highest BCUT2D eigenvalue weighted by molar-refractivity contribution is 5.73. The second kappa shape index (κ2) is 2.86. The molecule has 14 heavy (non-hydrogen) atoms. The highest BCUT2D eigenvalue weighted by Crippen LogP contribution is 2.34. The van der Waals surface area contributed by atoms with Gasteiger partial charge in [-0.2, -0.15) is 0 Å². The van der Waals surface area contributed by atoms with Gasteiger partial charge in [-0.3, -0.25) is 5.41 Å². The first-order chi connectivity index (χ1) is 6.43. The molecule has 0 unspecified atom stereocenters. The van der Waals surface area contributed by atoms with Gasteiger partial charge in [0.25, 0.3) is 6.02 Å². The van der Waals surface area contributed by atoms with Gasteiger partial charge in [-0.15, -0.1) is 0 Å². The molecular formula is C10H19N3O. The molecule has 4 heteroatoms. The van der Waals surface area contributed by atoms with Crippen molar-refractivity contribution in [2.75, 3.05) is 19.6 Å². The number of nitrogens with zero attached hydrogens (tertiary/aromatic N) is 1. The first kappa shape index (κ1) is 9.77. The number of amidine groups is 1. The van der Waals surface area contributed by atoms with Gasteiger partial charge in [-0.25, -0.2) is 0 Å². The van der Waals surface area contributed by atoms with Gasteiger partial charge in [0.15, 0.2) is 0 Å². The predicted molar refractivity (Wildman–Crippen MR) is 55.5 cm³/mol. The SMILES string of the molecule is CC(C)(C)OC(=N)N1CCC12CNC2. The van der Waals surface area contributed by atoms with Crippen molar-refractivity contribution >= 4 is 6.02 Å². The Bertz CT molecular complexity index is 247. The van der Waals surface area contributed by atoms with E-state index in [1.54, 1.807) is 0 Å². The van der Waals surface area contributed by atoms with Gasteiger partial charge in [0, 0.05) is 19.6 Å². The number of likely N-dealkylation sites (tertiary alicyclic amines) is 1. The average molecular weight is 197 g/mol. The van der Waals surface area contributed by atoms with Crippen LogP contribution < -0.4 is 5.32 Å². The molecule has 4 nitrogen and oxygen atoms in total. The Balaban J connectivity index is 1.93. The lowest BCUT2D eigenvalue weighted by molar-refractivity contribution is -0.0336. The molecule has 2 saturated heterocycles. The van der Waals surface area contributed by atoms with Crippen LogP contribution in [0.2, 0.25) is 0 Å². The summed E-state index contributed by atoms with van der Waals surface area (Å²) in [7, 11) is 0. The number of hydrogen-bond donors (Lipinski definition) is 2. The van der Waals surface area contributed by atoms with Crippen LogP contribution in [0.1, 0.15) is 27.2 Å². The maximum Gasteiger partial charge on any atom is 0.285 e. The minimum absolute atomic E-state index is 0.225. The fraction of sp³-hybridized carbons (Fsp3) is 0.900. The lowest BCUT2D eigenvalue weighted by Crippen LogP contribution is -2.77. The van der Waals surface area contributed by atoms with Crippen LogP contribution in [0, 0.1) is 5.41 Å². The molecule has 0 bridgehead atoms. The zero-order valence-electron chi connectivity index (χ0n) is 9.18. The Hall–Kier alpha value is -0.770. The third-order valence-corrected chi connectivity index (χ3v) is 2.93. The molecule has 0 saturated carbocycles. The highest BCUT2D eigenvalue weighted by atomic mass is 16.5. The van der Waals surface area contributed by atoms with Crippen LogP contribution in [0.5, 0.6) is 0 Å². The van der Waals surface area contributed by atoms with E-state index in [1.165, 1.54) is 6.42 Å². The smallest absolute Gasteiger partial charge is 0.285 e. The summed E-state index contributed by atoms with van der Waals surface area (Å²) in [5, 5.41) is 11.1. The average Bonchev–Trinajstić information content (AvgIpc) is 1.73. The first-order valence-electron chi connectivity index (χ1n) is 5.19. The third-order valence-electron chi connectivity index (χ3n) is 2.93. The molecule has 0 radical (unpaired) electrons. The van der Waals surface area contributed by atoms with E-state index >= 15 is 0 Å². The predicted octanol–water partition coefficient (Wildman–Crippen LogP) is 0.784. The Morgan fingerprint density at radius 3 is 2.36 bits per heavy atom. The molecule has 0 atom stereocenters. The maximum atomic E-state index is 7.87. The van der Waals surface area contributed by atoms with E-state index in [0.717, 1.165) is 19.6 Å². The van der Waals surface area contributed by atoms with Gasteiger partial charge in [-0.1, -0.05) is 0 Å². The highest BCUT2D eigenvalue weighted by Gasteiger charge is 2.51. The van der Waals surface area contributed by atoms with E-state index in [2.05, 4.69) is 10.2 Å². The summed E-state index contributed by atoms with van der Waals surface area (Å²) in [4.78, 5) is 2.08. The summed E-state index contributed by atoms with van der Waals surface area (Å²) < 4.78 is 5.55. The van der Waals surface area contributed by atoms with Gasteiger partial charge in [-0.05, 0) is 27.2 Å². The van der Waals surface area contributed by atoms with E-state index in [9.17, 15) is 0 Å². The zero-order valence-corrected chi connectivity index (χ0v) is 9.18. The van der Waals surface area contributed by atoms with Gasteiger partial charge in [0.2, 0.25) is 0 Å². The zero-order chi connectivity index (χ0) is 10.4. The minimum atomic E-state index is -0.259. The lowest BCUT2D eigenvalue weighted by atomic mass is 9.79. The molecular weight excluding hydrogens is 178 g/mol. The van der Waals surface area contributed by atoms with Gasteiger partial charge >= 0.3 is 0 Å². The van der Waals surface area contributed by atoms with E-state index in [4.69, 9.17) is 10.1 Å². The molecule has 1 spiro atoms. The van der Waals surface area contributed by atoms with Crippen molar-refractivity contribution in [2.24, 2.45) is 0 Å². The molecule has 2 rings (SSSR count). The quantitative estimate of drug-likeness (QED) is 0.446. The monoisotopic (exact) mass is 197 g/mol. The molecule has 2 N–H and O–H groups in total. The fourth-order valence-electron chi connectivity index (χ4n) is 1.98. The normalized spacial score (nSPS) is 24.1. The second-order valence-electron chi connectivity index (χ2n) is 5.25. The Morgan fingerprint density at radius 1 is 1.43 bits per heavy atom. The van der Waals surface area contributed by atoms with Crippen molar-refractivity contribution in [1.82, 2.24) is 10.2 Å². The van der Waals surface area contributed by atoms with Gasteiger partial charge in [0.1, 0.15) is 5.60 Å². The summed E-state index contributed by atoms with van der Waals surface area (Å²) in [6.45, 7) is 8.91. The van der Waals surface area contributed by atoms with Crippen LogP contribution in [0.3, 0.4) is 0 Å². The van der Waals surface area contributed by atoms with Crippen LogP contribution in [-0.4, -0.2) is 41.7 Å². The molecule has 2 heterocycles. The number of hydrogen-bond acceptors (Lipinski definition) is 3. The molecule has 80 valence electrons. The van der Waals surface area contributed by atoms with Gasteiger partial charge in [0.05, 0.1) is 5.54 Å². The van der Waals surface area contributed by atoms with Crippen LogP contribution in [0.25, 0.3) is 0 Å². The van der Waals surface area contributed by atoms with Crippen molar-refractivity contribution < 1.29 is 4.74 Å². The summed E-state index contributed by atoms with van der Waals surface area (Å²) in [6.07, 6.45) is 1.19. The third kappa shape index (κ3) is 1.47. The summed E-state index contributed by atoms with van der Waals surface area (Å²) >= 11 is 0. The molecule has 2 fully saturated rings. The fourth-order valence-corrected chi connectivity index (χ4v) is 1.98. The second-order valence-corrected chi connectivity index (χ2v) is 5.25. The Labute approximate surface area is 85.1 Å². The van der Waals surface area contributed by atoms with E-state index < -0.39 is 0 Å². The van der Waals surface area contributed by atoms with Crippen molar-refractivity contribution in [3.8, 4) is 0 Å². The molecule has 0 aliphatic carbocycles. The maximum absolute atomic E-state index is 7.87. The molecule has 0 aromatic carbocycles. The van der Waals surface area contributed by atoms with Gasteiger partial charge < -0.3 is 15.0 Å². The van der Waals surface area contributed by atoms with Crippen LogP contribution in [0.4, 0.5) is 0 Å². The number of nitrogens with one attached hydrogen (secondary N) is 2. The number of ether oxygens (including phenoxy) is 1. The Kier molecular flexibility index (Phi) is 2.00. The molecule has 0 aromatic heterocycles. The lowest BCUT2D eigenvalue weighted by Gasteiger charge is -2.59. The van der Waals surface area contributed by atoms with Crippen molar-refractivity contribution in [2.45, 2.75) is 38.3 Å². The first-order valence-corrected chi connectivity index (χ1v) is 5.19. The number of rotatable bonds is 0. The summed E-state index contributed by atoms with van der Waals surface area (Å²) in [6, 6.07) is 0.338. The molecule has 0 aromatic rings.